The highest BCUT2D eigenvalue weighted by molar-refractivity contribution is 6.09. The Bertz CT molecular complexity index is 3040. The summed E-state index contributed by atoms with van der Waals surface area (Å²) in [5.41, 5.74) is 15.6. The van der Waals surface area contributed by atoms with Crippen molar-refractivity contribution in [3.05, 3.63) is 229 Å². The van der Waals surface area contributed by atoms with E-state index >= 15 is 0 Å². The fraction of sp³-hybridized carbons (Fsp3) is 0.0189. The van der Waals surface area contributed by atoms with Gasteiger partial charge < -0.3 is 4.42 Å². The minimum atomic E-state index is -0.493. The van der Waals surface area contributed by atoms with Gasteiger partial charge in [-0.2, -0.15) is 0 Å². The van der Waals surface area contributed by atoms with E-state index in [0.29, 0.717) is 5.82 Å². The first-order valence-corrected chi connectivity index (χ1v) is 19.1. The summed E-state index contributed by atoms with van der Waals surface area (Å²) in [6, 6.07) is 73.3. The van der Waals surface area contributed by atoms with Gasteiger partial charge in [-0.15, -0.1) is 0 Å². The molecule has 56 heavy (non-hydrogen) atoms. The van der Waals surface area contributed by atoms with Crippen LogP contribution in [0.3, 0.4) is 0 Å². The summed E-state index contributed by atoms with van der Waals surface area (Å²) in [5.74, 6) is 0.664. The summed E-state index contributed by atoms with van der Waals surface area (Å²) < 4.78 is 6.54. The molecule has 2 heterocycles. The van der Waals surface area contributed by atoms with Crippen molar-refractivity contribution in [1.29, 1.82) is 0 Å². The van der Waals surface area contributed by atoms with Gasteiger partial charge in [0.15, 0.2) is 5.82 Å². The van der Waals surface area contributed by atoms with Crippen molar-refractivity contribution < 1.29 is 4.42 Å². The number of benzene rings is 8. The second-order valence-corrected chi connectivity index (χ2v) is 14.4. The predicted molar refractivity (Wildman–Crippen MR) is 228 cm³/mol. The number of rotatable bonds is 6. The number of nitrogens with zero attached hydrogens (tertiary/aromatic N) is 2. The van der Waals surface area contributed by atoms with E-state index in [2.05, 4.69) is 176 Å². The third-order valence-corrected chi connectivity index (χ3v) is 11.4. The molecule has 1 aliphatic rings. The average molecular weight is 715 g/mol. The first kappa shape index (κ1) is 32.1. The molecule has 11 rings (SSSR count). The lowest BCUT2D eigenvalue weighted by molar-refractivity contribution is 0.670. The zero-order chi connectivity index (χ0) is 37.1. The highest BCUT2D eigenvalue weighted by atomic mass is 16.3. The summed E-state index contributed by atoms with van der Waals surface area (Å²) in [5, 5.41) is 2.16. The normalized spacial score (nSPS) is 12.8. The first-order valence-electron chi connectivity index (χ1n) is 19.1. The monoisotopic (exact) mass is 714 g/mol. The lowest BCUT2D eigenvalue weighted by Crippen LogP contribution is -2.28. The number of para-hydroxylation sites is 2. The highest BCUT2D eigenvalue weighted by Crippen LogP contribution is 2.58. The van der Waals surface area contributed by atoms with Crippen molar-refractivity contribution in [2.24, 2.45) is 0 Å². The van der Waals surface area contributed by atoms with Gasteiger partial charge in [0.1, 0.15) is 11.2 Å². The lowest BCUT2D eigenvalue weighted by Gasteiger charge is -2.34. The van der Waals surface area contributed by atoms with Crippen molar-refractivity contribution in [1.82, 2.24) is 9.97 Å². The van der Waals surface area contributed by atoms with Crippen molar-refractivity contribution in [2.75, 3.05) is 0 Å². The van der Waals surface area contributed by atoms with Crippen LogP contribution in [-0.2, 0) is 5.41 Å². The quantitative estimate of drug-likeness (QED) is 0.172. The fourth-order valence-corrected chi connectivity index (χ4v) is 9.05. The largest absolute Gasteiger partial charge is 0.455 e. The van der Waals surface area contributed by atoms with Crippen LogP contribution in [0, 0.1) is 0 Å². The van der Waals surface area contributed by atoms with Crippen LogP contribution in [0.1, 0.15) is 22.3 Å². The summed E-state index contributed by atoms with van der Waals surface area (Å²) in [6.07, 6.45) is 0. The SMILES string of the molecule is c1ccc(-c2nc(-c3ccccc3-c3cccc4c3-c3ccccc3C4(c3ccccc3)c3ccccc3)cc(-c3cccc4c3oc3ccccc34)n2)cc1. The molecule has 3 heteroatoms. The van der Waals surface area contributed by atoms with E-state index in [9.17, 15) is 0 Å². The van der Waals surface area contributed by atoms with Gasteiger partial charge in [-0.25, -0.2) is 9.97 Å². The topological polar surface area (TPSA) is 38.9 Å². The third-order valence-electron chi connectivity index (χ3n) is 11.4. The van der Waals surface area contributed by atoms with Crippen LogP contribution in [0.2, 0.25) is 0 Å². The number of fused-ring (bicyclic) bond motifs is 6. The second kappa shape index (κ2) is 12.9. The van der Waals surface area contributed by atoms with E-state index in [1.54, 1.807) is 0 Å². The number of hydrogen-bond donors (Lipinski definition) is 0. The van der Waals surface area contributed by atoms with Crippen molar-refractivity contribution in [2.45, 2.75) is 5.41 Å². The van der Waals surface area contributed by atoms with E-state index in [1.165, 1.54) is 38.9 Å². The Morgan fingerprint density at radius 1 is 0.375 bits per heavy atom. The minimum Gasteiger partial charge on any atom is -0.455 e. The molecule has 0 atom stereocenters. The van der Waals surface area contributed by atoms with Crippen molar-refractivity contribution in [3.63, 3.8) is 0 Å². The molecule has 262 valence electrons. The molecule has 3 nitrogen and oxygen atoms in total. The Kier molecular flexibility index (Phi) is 7.39. The maximum Gasteiger partial charge on any atom is 0.160 e. The van der Waals surface area contributed by atoms with Gasteiger partial charge in [0.2, 0.25) is 0 Å². The molecule has 0 saturated carbocycles. The van der Waals surface area contributed by atoms with E-state index in [-0.39, 0.29) is 0 Å². The summed E-state index contributed by atoms with van der Waals surface area (Å²) in [4.78, 5) is 10.6. The number of hydrogen-bond acceptors (Lipinski definition) is 3. The maximum absolute atomic E-state index is 6.54. The Labute approximate surface area is 325 Å². The molecule has 0 fully saturated rings. The molecule has 0 aliphatic heterocycles. The molecule has 0 spiro atoms. The summed E-state index contributed by atoms with van der Waals surface area (Å²) >= 11 is 0. The van der Waals surface area contributed by atoms with Gasteiger partial charge in [0.25, 0.3) is 0 Å². The standard InChI is InChI=1S/C53H34N2O/c1-4-18-35(19-5-1)52-54-47(34-48(55-52)44-30-16-29-42-40-26-13-15-33-49(40)56-51(42)44)39-25-11-10-24-38(39)41-28-17-32-46-50(41)43-27-12-14-31-45(43)53(46,36-20-6-2-7-21-36)37-22-8-3-9-23-37/h1-34H. The Morgan fingerprint density at radius 3 is 1.64 bits per heavy atom. The summed E-state index contributed by atoms with van der Waals surface area (Å²) in [7, 11) is 0. The fourth-order valence-electron chi connectivity index (χ4n) is 9.05. The predicted octanol–water partition coefficient (Wildman–Crippen LogP) is 13.4. The van der Waals surface area contributed by atoms with E-state index in [0.717, 1.165) is 55.6 Å². The van der Waals surface area contributed by atoms with E-state index in [4.69, 9.17) is 14.4 Å². The van der Waals surface area contributed by atoms with E-state index < -0.39 is 5.41 Å². The van der Waals surface area contributed by atoms with Gasteiger partial charge in [0.05, 0.1) is 16.8 Å². The Morgan fingerprint density at radius 2 is 0.893 bits per heavy atom. The minimum absolute atomic E-state index is 0.493. The molecule has 0 bridgehead atoms. The van der Waals surface area contributed by atoms with Gasteiger partial charge >= 0.3 is 0 Å². The molecular formula is C53H34N2O. The second-order valence-electron chi connectivity index (χ2n) is 14.4. The number of aromatic nitrogens is 2. The van der Waals surface area contributed by atoms with Crippen LogP contribution in [0.25, 0.3) is 78.1 Å². The zero-order valence-corrected chi connectivity index (χ0v) is 30.4. The highest BCUT2D eigenvalue weighted by Gasteiger charge is 2.46. The molecule has 1 aliphatic carbocycles. The lowest BCUT2D eigenvalue weighted by atomic mass is 9.67. The first-order chi connectivity index (χ1) is 27.8. The average Bonchev–Trinajstić information content (AvgIpc) is 3.81. The molecule has 0 unspecified atom stereocenters. The molecule has 0 N–H and O–H groups in total. The van der Waals surface area contributed by atoms with Gasteiger partial charge in [-0.3, -0.25) is 0 Å². The van der Waals surface area contributed by atoms with E-state index in [1.807, 2.05) is 30.3 Å². The van der Waals surface area contributed by atoms with Crippen molar-refractivity contribution >= 4 is 21.9 Å². The molecule has 10 aromatic rings. The molecule has 8 aromatic carbocycles. The smallest absolute Gasteiger partial charge is 0.160 e. The molecule has 0 radical (unpaired) electrons. The Balaban J connectivity index is 1.17. The number of furan rings is 1. The van der Waals surface area contributed by atoms with Gasteiger partial charge in [-0.1, -0.05) is 188 Å². The summed E-state index contributed by atoms with van der Waals surface area (Å²) in [6.45, 7) is 0. The van der Waals surface area contributed by atoms with Crippen LogP contribution in [0.4, 0.5) is 0 Å². The van der Waals surface area contributed by atoms with Crippen LogP contribution in [0.15, 0.2) is 211 Å². The van der Waals surface area contributed by atoms with Crippen LogP contribution >= 0.6 is 0 Å². The maximum atomic E-state index is 6.54. The van der Waals surface area contributed by atoms with Crippen LogP contribution in [0.5, 0.6) is 0 Å². The molecule has 0 amide bonds. The molecular weight excluding hydrogens is 681 g/mol. The van der Waals surface area contributed by atoms with Crippen molar-refractivity contribution in [3.8, 4) is 56.2 Å². The van der Waals surface area contributed by atoms with Gasteiger partial charge in [0, 0.05) is 27.5 Å². The van der Waals surface area contributed by atoms with Crippen LogP contribution in [-0.4, -0.2) is 9.97 Å². The molecule has 0 saturated heterocycles. The van der Waals surface area contributed by atoms with Gasteiger partial charge in [-0.05, 0) is 62.7 Å². The Hall–Kier alpha value is -7.36. The third kappa shape index (κ3) is 4.84. The zero-order valence-electron chi connectivity index (χ0n) is 30.4. The molecule has 2 aromatic heterocycles. The van der Waals surface area contributed by atoms with Crippen LogP contribution < -0.4 is 0 Å².